The Hall–Kier alpha value is -1.80. The van der Waals surface area contributed by atoms with Gasteiger partial charge in [0.15, 0.2) is 5.69 Å². The van der Waals surface area contributed by atoms with Crippen LogP contribution in [0.1, 0.15) is 55.5 Å². The number of nitrogens with one attached hydrogen (secondary N) is 1. The quantitative estimate of drug-likeness (QED) is 0.664. The molecule has 0 radical (unpaired) electrons. The molecule has 0 atom stereocenters. The molecule has 0 saturated carbocycles. The summed E-state index contributed by atoms with van der Waals surface area (Å²) in [5.74, 6) is 0.0779. The number of nitrogens with zero attached hydrogens (tertiary/aromatic N) is 5. The molecule has 0 saturated heterocycles. The number of aromatic nitrogens is 4. The van der Waals surface area contributed by atoms with Gasteiger partial charge in [0.2, 0.25) is 11.1 Å². The van der Waals surface area contributed by atoms with Gasteiger partial charge in [0.25, 0.3) is 5.91 Å². The summed E-state index contributed by atoms with van der Waals surface area (Å²) in [5, 5.41) is 12.4. The fraction of sp³-hybridized carbons (Fsp3) is 0.562. The lowest BCUT2D eigenvalue weighted by atomic mass is 10.2. The minimum Gasteiger partial charge on any atom is -0.341 e. The highest BCUT2D eigenvalue weighted by atomic mass is 35.5. The van der Waals surface area contributed by atoms with E-state index in [0.717, 1.165) is 43.8 Å². The fourth-order valence-corrected chi connectivity index (χ4v) is 3.22. The summed E-state index contributed by atoms with van der Waals surface area (Å²) in [6.07, 6.45) is 5.72. The molecule has 0 aliphatic heterocycles. The van der Waals surface area contributed by atoms with Gasteiger partial charge in [-0.3, -0.25) is 10.1 Å². The highest BCUT2D eigenvalue weighted by molar-refractivity contribution is 7.15. The molecule has 0 bridgehead atoms. The number of halogens is 1. The van der Waals surface area contributed by atoms with Crippen LogP contribution in [-0.2, 0) is 6.42 Å². The van der Waals surface area contributed by atoms with Gasteiger partial charge in [0, 0.05) is 19.5 Å². The Labute approximate surface area is 156 Å². The molecule has 0 aliphatic rings. The van der Waals surface area contributed by atoms with Crippen LogP contribution in [0.4, 0.5) is 11.1 Å². The number of aryl methyl sites for hydroxylation is 1. The van der Waals surface area contributed by atoms with E-state index < -0.39 is 5.91 Å². The lowest BCUT2D eigenvalue weighted by Gasteiger charge is -2.18. The van der Waals surface area contributed by atoms with E-state index >= 15 is 0 Å². The predicted octanol–water partition coefficient (Wildman–Crippen LogP) is 3.81. The second-order valence-electron chi connectivity index (χ2n) is 5.45. The third kappa shape index (κ3) is 5.34. The lowest BCUT2D eigenvalue weighted by Crippen LogP contribution is -2.25. The first-order chi connectivity index (χ1) is 12.1. The third-order valence-corrected chi connectivity index (χ3v) is 4.85. The van der Waals surface area contributed by atoms with Gasteiger partial charge in [-0.25, -0.2) is 9.97 Å². The Morgan fingerprint density at radius 3 is 2.68 bits per heavy atom. The fourth-order valence-electron chi connectivity index (χ4n) is 2.26. The number of anilines is 2. The maximum absolute atomic E-state index is 12.5. The van der Waals surface area contributed by atoms with E-state index in [1.165, 1.54) is 17.5 Å². The largest absolute Gasteiger partial charge is 0.341 e. The van der Waals surface area contributed by atoms with E-state index in [0.29, 0.717) is 11.1 Å². The second kappa shape index (κ2) is 9.62. The molecule has 0 spiro atoms. The predicted molar refractivity (Wildman–Crippen MR) is 102 cm³/mol. The zero-order valence-corrected chi connectivity index (χ0v) is 16.3. The number of rotatable bonds is 9. The molecule has 2 aromatic heterocycles. The average molecular weight is 383 g/mol. The van der Waals surface area contributed by atoms with Crippen LogP contribution in [-0.4, -0.2) is 39.2 Å². The van der Waals surface area contributed by atoms with E-state index in [4.69, 9.17) is 11.6 Å². The van der Waals surface area contributed by atoms with Crippen LogP contribution in [0, 0.1) is 0 Å². The zero-order valence-electron chi connectivity index (χ0n) is 14.8. The molecule has 136 valence electrons. The van der Waals surface area contributed by atoms with Gasteiger partial charge in [0.05, 0.1) is 11.2 Å². The Morgan fingerprint density at radius 1 is 1.24 bits per heavy atom. The van der Waals surface area contributed by atoms with Crippen LogP contribution in [0.25, 0.3) is 0 Å². The van der Waals surface area contributed by atoms with Crippen molar-refractivity contribution in [2.75, 3.05) is 23.3 Å². The summed E-state index contributed by atoms with van der Waals surface area (Å²) in [6, 6.07) is 0. The van der Waals surface area contributed by atoms with E-state index in [2.05, 4.69) is 32.4 Å². The van der Waals surface area contributed by atoms with Gasteiger partial charge < -0.3 is 4.90 Å². The molecular weight excluding hydrogens is 360 g/mol. The highest BCUT2D eigenvalue weighted by Gasteiger charge is 2.18. The Morgan fingerprint density at radius 2 is 2.00 bits per heavy atom. The van der Waals surface area contributed by atoms with E-state index in [-0.39, 0.29) is 10.7 Å². The number of hydrogen-bond donors (Lipinski definition) is 1. The van der Waals surface area contributed by atoms with Crippen molar-refractivity contribution in [2.24, 2.45) is 0 Å². The maximum Gasteiger partial charge on any atom is 0.277 e. The molecule has 0 aromatic carbocycles. The molecule has 2 rings (SSSR count). The van der Waals surface area contributed by atoms with Crippen molar-refractivity contribution in [2.45, 2.75) is 46.5 Å². The van der Waals surface area contributed by atoms with E-state index in [9.17, 15) is 4.79 Å². The topological polar surface area (TPSA) is 83.9 Å². The second-order valence-corrected chi connectivity index (χ2v) is 6.92. The summed E-state index contributed by atoms with van der Waals surface area (Å²) in [6.45, 7) is 7.65. The Kier molecular flexibility index (Phi) is 7.52. The van der Waals surface area contributed by atoms with Crippen molar-refractivity contribution in [1.29, 1.82) is 0 Å². The molecule has 7 nitrogen and oxygen atoms in total. The minimum absolute atomic E-state index is 0.140. The van der Waals surface area contributed by atoms with Crippen molar-refractivity contribution >= 4 is 39.9 Å². The molecule has 2 aromatic rings. The molecule has 0 aliphatic carbocycles. The number of hydrogen-bond acceptors (Lipinski definition) is 7. The summed E-state index contributed by atoms with van der Waals surface area (Å²) in [4.78, 5) is 22.9. The highest BCUT2D eigenvalue weighted by Crippen LogP contribution is 2.21. The molecule has 2 heterocycles. The first-order valence-corrected chi connectivity index (χ1v) is 9.69. The smallest absolute Gasteiger partial charge is 0.277 e. The number of unbranched alkanes of at least 4 members (excludes halogenated alkanes) is 2. The van der Waals surface area contributed by atoms with Gasteiger partial charge >= 0.3 is 0 Å². The molecular formula is C16H23ClN6OS. The number of carbonyl (C=O) groups excluding carboxylic acids is 1. The number of amides is 1. The van der Waals surface area contributed by atoms with Crippen LogP contribution in [0.2, 0.25) is 5.02 Å². The summed E-state index contributed by atoms with van der Waals surface area (Å²) in [5.41, 5.74) is 0.140. The van der Waals surface area contributed by atoms with Crippen LogP contribution >= 0.6 is 22.9 Å². The maximum atomic E-state index is 12.5. The Balaban J connectivity index is 2.08. The lowest BCUT2D eigenvalue weighted by molar-refractivity contribution is 0.102. The molecule has 0 unspecified atom stereocenters. The monoisotopic (exact) mass is 382 g/mol. The van der Waals surface area contributed by atoms with Gasteiger partial charge in [-0.05, 0) is 20.3 Å². The van der Waals surface area contributed by atoms with Crippen molar-refractivity contribution in [1.82, 2.24) is 20.2 Å². The van der Waals surface area contributed by atoms with E-state index in [1.807, 2.05) is 18.7 Å². The number of carbonyl (C=O) groups is 1. The standard InChI is InChI=1S/C16H23ClN6OS/c1-4-7-8-9-12-21-22-16(25-12)20-14(24)13-11(17)10-18-15(19-13)23(5-2)6-3/h10H,4-9H2,1-3H3,(H,20,22,24). The van der Waals surface area contributed by atoms with Crippen molar-refractivity contribution < 1.29 is 4.79 Å². The van der Waals surface area contributed by atoms with Gasteiger partial charge in [0.1, 0.15) is 5.01 Å². The SMILES string of the molecule is CCCCCc1nnc(NC(=O)c2nc(N(CC)CC)ncc2Cl)s1. The molecule has 1 amide bonds. The first kappa shape index (κ1) is 19.5. The van der Waals surface area contributed by atoms with Crippen LogP contribution < -0.4 is 10.2 Å². The summed E-state index contributed by atoms with van der Waals surface area (Å²) >= 11 is 7.48. The van der Waals surface area contributed by atoms with Gasteiger partial charge in [-0.2, -0.15) is 0 Å². The van der Waals surface area contributed by atoms with Gasteiger partial charge in [-0.1, -0.05) is 42.7 Å². The van der Waals surface area contributed by atoms with Crippen LogP contribution in [0.5, 0.6) is 0 Å². The zero-order chi connectivity index (χ0) is 18.2. The average Bonchev–Trinajstić information content (AvgIpc) is 3.04. The van der Waals surface area contributed by atoms with Gasteiger partial charge in [-0.15, -0.1) is 10.2 Å². The third-order valence-electron chi connectivity index (χ3n) is 3.67. The van der Waals surface area contributed by atoms with Crippen LogP contribution in [0.15, 0.2) is 6.20 Å². The van der Waals surface area contributed by atoms with Crippen LogP contribution in [0.3, 0.4) is 0 Å². The normalized spacial score (nSPS) is 10.7. The first-order valence-electron chi connectivity index (χ1n) is 8.50. The van der Waals surface area contributed by atoms with Crippen molar-refractivity contribution in [3.8, 4) is 0 Å². The molecule has 0 fully saturated rings. The minimum atomic E-state index is -0.405. The van der Waals surface area contributed by atoms with Crippen molar-refractivity contribution in [3.63, 3.8) is 0 Å². The Bertz CT molecular complexity index is 704. The molecule has 1 N–H and O–H groups in total. The molecule has 25 heavy (non-hydrogen) atoms. The summed E-state index contributed by atoms with van der Waals surface area (Å²) < 4.78 is 0. The summed E-state index contributed by atoms with van der Waals surface area (Å²) in [7, 11) is 0. The van der Waals surface area contributed by atoms with Crippen molar-refractivity contribution in [3.05, 3.63) is 21.9 Å². The molecule has 9 heteroatoms. The van der Waals surface area contributed by atoms with E-state index in [1.54, 1.807) is 0 Å².